The van der Waals surface area contributed by atoms with Gasteiger partial charge in [-0.25, -0.2) is 4.98 Å². The fourth-order valence-corrected chi connectivity index (χ4v) is 1.10. The zero-order valence-corrected chi connectivity index (χ0v) is 9.08. The number of hydrogen-bond donors (Lipinski definition) is 1. The number of pyridine rings is 1. The lowest BCUT2D eigenvalue weighted by molar-refractivity contribution is 0.317. The van der Waals surface area contributed by atoms with E-state index in [2.05, 4.69) is 31.1 Å². The molecule has 0 unspecified atom stereocenters. The Morgan fingerprint density at radius 2 is 2.29 bits per heavy atom. The molecule has 0 radical (unpaired) electrons. The molecular formula is C11H18N2O. The maximum absolute atomic E-state index is 5.56. The van der Waals surface area contributed by atoms with Crippen molar-refractivity contribution in [2.45, 2.75) is 33.2 Å². The van der Waals surface area contributed by atoms with Gasteiger partial charge in [-0.2, -0.15) is 0 Å². The highest BCUT2D eigenvalue weighted by Crippen LogP contribution is 2.21. The quantitative estimate of drug-likeness (QED) is 0.782. The summed E-state index contributed by atoms with van der Waals surface area (Å²) >= 11 is 0. The summed E-state index contributed by atoms with van der Waals surface area (Å²) in [6.07, 6.45) is 2.78. The number of hydrogen-bond acceptors (Lipinski definition) is 3. The predicted molar refractivity (Wildman–Crippen MR) is 58.8 cm³/mol. The third kappa shape index (κ3) is 3.24. The van der Waals surface area contributed by atoms with E-state index in [9.17, 15) is 0 Å². The molecule has 3 nitrogen and oxygen atoms in total. The Morgan fingerprint density at radius 1 is 1.50 bits per heavy atom. The molecule has 0 aromatic carbocycles. The number of anilines is 1. The third-order valence-electron chi connectivity index (χ3n) is 1.66. The Labute approximate surface area is 85.5 Å². The minimum absolute atomic E-state index is 0.369. The van der Waals surface area contributed by atoms with Gasteiger partial charge in [0.15, 0.2) is 11.6 Å². The maximum Gasteiger partial charge on any atom is 0.168 e. The van der Waals surface area contributed by atoms with E-state index in [1.807, 2.05) is 12.1 Å². The third-order valence-corrected chi connectivity index (χ3v) is 1.66. The molecule has 1 N–H and O–H groups in total. The lowest BCUT2D eigenvalue weighted by atomic mass is 10.3. The molecule has 0 saturated carbocycles. The van der Waals surface area contributed by atoms with Crippen LogP contribution in [0.15, 0.2) is 18.3 Å². The summed E-state index contributed by atoms with van der Waals surface area (Å²) in [5.41, 5.74) is 0. The fraction of sp³-hybridized carbons (Fsp3) is 0.545. The van der Waals surface area contributed by atoms with Gasteiger partial charge in [0.2, 0.25) is 0 Å². The van der Waals surface area contributed by atoms with E-state index in [-0.39, 0.29) is 0 Å². The highest BCUT2D eigenvalue weighted by atomic mass is 16.5. The molecule has 0 amide bonds. The fourth-order valence-electron chi connectivity index (χ4n) is 1.10. The monoisotopic (exact) mass is 194 g/mol. The molecule has 0 bridgehead atoms. The van der Waals surface area contributed by atoms with Crippen LogP contribution in [0.25, 0.3) is 0 Å². The lowest BCUT2D eigenvalue weighted by Gasteiger charge is -2.13. The summed E-state index contributed by atoms with van der Waals surface area (Å²) in [6.45, 7) is 6.99. The van der Waals surface area contributed by atoms with Gasteiger partial charge in [-0.15, -0.1) is 0 Å². The largest absolute Gasteiger partial charge is 0.490 e. The second kappa shape index (κ2) is 5.47. The zero-order valence-electron chi connectivity index (χ0n) is 9.08. The van der Waals surface area contributed by atoms with Gasteiger partial charge in [0.1, 0.15) is 0 Å². The number of aromatic nitrogens is 1. The molecule has 0 aliphatic heterocycles. The van der Waals surface area contributed by atoms with Crippen molar-refractivity contribution in [1.29, 1.82) is 0 Å². The van der Waals surface area contributed by atoms with Crippen LogP contribution in [0.3, 0.4) is 0 Å². The van der Waals surface area contributed by atoms with Crippen molar-refractivity contribution in [3.05, 3.63) is 18.3 Å². The first-order chi connectivity index (χ1) is 6.74. The van der Waals surface area contributed by atoms with Crippen LogP contribution in [0.5, 0.6) is 5.75 Å². The zero-order chi connectivity index (χ0) is 10.4. The topological polar surface area (TPSA) is 34.1 Å². The highest BCUT2D eigenvalue weighted by Gasteiger charge is 2.04. The molecular weight excluding hydrogens is 176 g/mol. The van der Waals surface area contributed by atoms with Crippen molar-refractivity contribution in [3.63, 3.8) is 0 Å². The van der Waals surface area contributed by atoms with E-state index in [0.717, 1.165) is 24.6 Å². The molecule has 14 heavy (non-hydrogen) atoms. The van der Waals surface area contributed by atoms with Crippen molar-refractivity contribution in [3.8, 4) is 5.75 Å². The Morgan fingerprint density at radius 3 is 2.93 bits per heavy atom. The van der Waals surface area contributed by atoms with Gasteiger partial charge in [-0.05, 0) is 32.4 Å². The summed E-state index contributed by atoms with van der Waals surface area (Å²) in [7, 11) is 0. The smallest absolute Gasteiger partial charge is 0.168 e. The van der Waals surface area contributed by atoms with Crippen molar-refractivity contribution in [2.24, 2.45) is 0 Å². The SMILES string of the molecule is CCCOc1cccnc1NC(C)C. The van der Waals surface area contributed by atoms with E-state index in [1.54, 1.807) is 6.20 Å². The minimum atomic E-state index is 0.369. The molecule has 1 heterocycles. The number of rotatable bonds is 5. The van der Waals surface area contributed by atoms with E-state index in [1.165, 1.54) is 0 Å². The van der Waals surface area contributed by atoms with Crippen molar-refractivity contribution in [2.75, 3.05) is 11.9 Å². The summed E-state index contributed by atoms with van der Waals surface area (Å²) < 4.78 is 5.56. The Bertz CT molecular complexity index is 274. The van der Waals surface area contributed by atoms with Gasteiger partial charge >= 0.3 is 0 Å². The second-order valence-corrected chi connectivity index (χ2v) is 3.50. The van der Waals surface area contributed by atoms with Crippen molar-refractivity contribution >= 4 is 5.82 Å². The molecule has 1 aromatic rings. The Balaban J connectivity index is 2.69. The number of nitrogens with one attached hydrogen (secondary N) is 1. The molecule has 0 spiro atoms. The molecule has 78 valence electrons. The minimum Gasteiger partial charge on any atom is -0.490 e. The van der Waals surface area contributed by atoms with Crippen molar-refractivity contribution < 1.29 is 4.74 Å². The van der Waals surface area contributed by atoms with Gasteiger partial charge in [0.25, 0.3) is 0 Å². The van der Waals surface area contributed by atoms with Gasteiger partial charge in [0.05, 0.1) is 6.61 Å². The molecule has 0 aliphatic carbocycles. The number of ether oxygens (including phenoxy) is 1. The Hall–Kier alpha value is -1.25. The van der Waals surface area contributed by atoms with E-state index in [4.69, 9.17) is 4.74 Å². The first kappa shape index (κ1) is 10.8. The van der Waals surface area contributed by atoms with Gasteiger partial charge in [-0.3, -0.25) is 0 Å². The number of nitrogens with zero attached hydrogens (tertiary/aromatic N) is 1. The summed E-state index contributed by atoms with van der Waals surface area (Å²) in [5, 5.41) is 3.25. The standard InChI is InChI=1S/C11H18N2O/c1-4-8-14-10-6-5-7-12-11(10)13-9(2)3/h5-7,9H,4,8H2,1-3H3,(H,12,13). The first-order valence-corrected chi connectivity index (χ1v) is 5.08. The summed E-state index contributed by atoms with van der Waals surface area (Å²) in [4.78, 5) is 4.24. The van der Waals surface area contributed by atoms with Crippen LogP contribution in [0.1, 0.15) is 27.2 Å². The van der Waals surface area contributed by atoms with Crippen LogP contribution in [0, 0.1) is 0 Å². The average Bonchev–Trinajstić information content (AvgIpc) is 2.16. The van der Waals surface area contributed by atoms with Crippen LogP contribution < -0.4 is 10.1 Å². The van der Waals surface area contributed by atoms with Crippen LogP contribution in [0.2, 0.25) is 0 Å². The van der Waals surface area contributed by atoms with Crippen LogP contribution in [0.4, 0.5) is 5.82 Å². The molecule has 0 saturated heterocycles. The highest BCUT2D eigenvalue weighted by molar-refractivity contribution is 5.49. The normalized spacial score (nSPS) is 10.3. The van der Waals surface area contributed by atoms with E-state index >= 15 is 0 Å². The van der Waals surface area contributed by atoms with Gasteiger partial charge in [-0.1, -0.05) is 6.92 Å². The molecule has 0 fully saturated rings. The second-order valence-electron chi connectivity index (χ2n) is 3.50. The van der Waals surface area contributed by atoms with Crippen molar-refractivity contribution in [1.82, 2.24) is 4.98 Å². The Kier molecular flexibility index (Phi) is 4.23. The van der Waals surface area contributed by atoms with Crippen LogP contribution >= 0.6 is 0 Å². The maximum atomic E-state index is 5.56. The van der Waals surface area contributed by atoms with Gasteiger partial charge in [0, 0.05) is 12.2 Å². The van der Waals surface area contributed by atoms with E-state index < -0.39 is 0 Å². The van der Waals surface area contributed by atoms with Crippen LogP contribution in [-0.2, 0) is 0 Å². The van der Waals surface area contributed by atoms with Gasteiger partial charge < -0.3 is 10.1 Å². The average molecular weight is 194 g/mol. The van der Waals surface area contributed by atoms with Crippen LogP contribution in [-0.4, -0.2) is 17.6 Å². The molecule has 0 atom stereocenters. The lowest BCUT2D eigenvalue weighted by Crippen LogP contribution is -2.12. The molecule has 3 heteroatoms. The van der Waals surface area contributed by atoms with E-state index in [0.29, 0.717) is 6.04 Å². The summed E-state index contributed by atoms with van der Waals surface area (Å²) in [5.74, 6) is 1.67. The molecule has 1 rings (SSSR count). The summed E-state index contributed by atoms with van der Waals surface area (Å²) in [6, 6.07) is 4.19. The first-order valence-electron chi connectivity index (χ1n) is 5.08. The molecule has 1 aromatic heterocycles. The molecule has 0 aliphatic rings. The predicted octanol–water partition coefficient (Wildman–Crippen LogP) is 2.69.